The van der Waals surface area contributed by atoms with Crippen molar-refractivity contribution in [2.45, 2.75) is 75.8 Å². The molecule has 0 aromatic heterocycles. The topological polar surface area (TPSA) is 57.2 Å². The predicted molar refractivity (Wildman–Crippen MR) is 87.7 cm³/mol. The third-order valence-electron chi connectivity index (χ3n) is 2.26. The van der Waals surface area contributed by atoms with Crippen molar-refractivity contribution in [1.82, 2.24) is 0 Å². The summed E-state index contributed by atoms with van der Waals surface area (Å²) >= 11 is 2.99. The van der Waals surface area contributed by atoms with E-state index in [0.717, 1.165) is 21.9 Å². The Morgan fingerprint density at radius 3 is 1.26 bits per heavy atom. The molecule has 0 aromatic carbocycles. The van der Waals surface area contributed by atoms with Crippen molar-refractivity contribution in [1.29, 1.82) is 0 Å². The predicted octanol–water partition coefficient (Wildman–Crippen LogP) is 5.27. The van der Waals surface area contributed by atoms with Gasteiger partial charge in [-0.2, -0.15) is 13.2 Å². The molecule has 0 atom stereocenters. The summed E-state index contributed by atoms with van der Waals surface area (Å²) in [5, 5.41) is 0. The van der Waals surface area contributed by atoms with Crippen LogP contribution < -0.4 is 0 Å². The van der Waals surface area contributed by atoms with Crippen LogP contribution in [0, 0.1) is 0 Å². The number of alkyl halides is 3. The van der Waals surface area contributed by atoms with Crippen LogP contribution in [0.2, 0.25) is 4.89 Å². The molecule has 0 unspecified atom stereocenters. The summed E-state index contributed by atoms with van der Waals surface area (Å²) in [6, 6.07) is 0. The molecule has 3 nitrogen and oxygen atoms in total. The zero-order valence-electron chi connectivity index (χ0n) is 14.7. The summed E-state index contributed by atoms with van der Waals surface area (Å²) < 4.78 is 58.9. The molecule has 0 radical (unpaired) electrons. The first-order valence-electron chi connectivity index (χ1n) is 6.94. The van der Waals surface area contributed by atoms with Crippen molar-refractivity contribution in [2.24, 2.45) is 0 Å². The molecule has 9 heteroatoms. The fourth-order valence-corrected chi connectivity index (χ4v) is 5.37. The van der Waals surface area contributed by atoms with Gasteiger partial charge in [-0.25, -0.2) is 8.42 Å². The van der Waals surface area contributed by atoms with Crippen LogP contribution in [-0.2, 0) is 29.3 Å². The van der Waals surface area contributed by atoms with Crippen molar-refractivity contribution in [3.05, 3.63) is 12.2 Å². The van der Waals surface area contributed by atoms with Gasteiger partial charge < -0.3 is 4.55 Å². The van der Waals surface area contributed by atoms with E-state index in [4.69, 9.17) is 13.0 Å². The van der Waals surface area contributed by atoms with Gasteiger partial charge >= 0.3 is 48.7 Å². The second-order valence-corrected chi connectivity index (χ2v) is 11.6. The van der Waals surface area contributed by atoms with Gasteiger partial charge in [0.2, 0.25) is 0 Å². The minimum Gasteiger partial charge on any atom is -0.741 e. The molecule has 0 saturated carbocycles. The van der Waals surface area contributed by atoms with Crippen molar-refractivity contribution in [3.8, 4) is 0 Å². The van der Waals surface area contributed by atoms with Gasteiger partial charge in [0.15, 0.2) is 10.1 Å². The summed E-state index contributed by atoms with van der Waals surface area (Å²) in [4.78, 5) is 0.961. The zero-order chi connectivity index (χ0) is 19.6. The Bertz CT molecular complexity index is 402. The van der Waals surface area contributed by atoms with E-state index in [0.29, 0.717) is 0 Å². The average molecular weight is 471 g/mol. The maximum atomic E-state index is 10.7. The average Bonchev–Trinajstić information content (AvgIpc) is 2.25. The van der Waals surface area contributed by atoms with Crippen LogP contribution in [0.1, 0.15) is 48.5 Å². The maximum absolute atomic E-state index is 10.7. The van der Waals surface area contributed by atoms with Gasteiger partial charge in [-0.15, -0.1) is 0 Å². The molecule has 0 amide bonds. The molecule has 0 saturated heterocycles. The largest absolute Gasteiger partial charge is 0.741 e. The molecule has 144 valence electrons. The molecule has 0 aromatic rings. The van der Waals surface area contributed by atoms with E-state index in [2.05, 4.69) is 67.3 Å². The van der Waals surface area contributed by atoms with Gasteiger partial charge in [0.1, 0.15) is 0 Å². The smallest absolute Gasteiger partial charge is 0.485 e. The van der Waals surface area contributed by atoms with Gasteiger partial charge in [0.05, 0.1) is 0 Å². The normalized spacial score (nSPS) is 12.0. The Labute approximate surface area is 151 Å². The zero-order valence-corrected chi connectivity index (χ0v) is 17.9. The van der Waals surface area contributed by atoms with Crippen LogP contribution in [0.4, 0.5) is 13.2 Å². The van der Waals surface area contributed by atoms with Crippen molar-refractivity contribution in [3.63, 3.8) is 0 Å². The third-order valence-corrected chi connectivity index (χ3v) is 7.35. The second-order valence-electron chi connectivity index (χ2n) is 5.70. The van der Waals surface area contributed by atoms with Gasteiger partial charge in [-0.1, -0.05) is 49.5 Å². The van der Waals surface area contributed by atoms with Crippen molar-refractivity contribution < 1.29 is 45.3 Å². The number of halogens is 3. The molecule has 0 aliphatic rings. The quantitative estimate of drug-likeness (QED) is 0.185. The van der Waals surface area contributed by atoms with E-state index < -0.39 is 15.6 Å². The number of allylic oxidation sites excluding steroid dienone is 1. The maximum Gasteiger partial charge on any atom is 0.485 e. The fraction of sp³-hybridized carbons (Fsp3) is 0.857. The van der Waals surface area contributed by atoms with E-state index in [1.165, 1.54) is 5.57 Å². The summed E-state index contributed by atoms with van der Waals surface area (Å²) in [5.74, 6) is 0. The van der Waals surface area contributed by atoms with E-state index in [9.17, 15) is 13.2 Å². The molecule has 0 aliphatic carbocycles. The van der Waals surface area contributed by atoms with Gasteiger partial charge in [0.25, 0.3) is 0 Å². The molecule has 0 fully saturated rings. The molecular formula is C14H28F3O3PPdS. The van der Waals surface area contributed by atoms with Crippen LogP contribution in [0.15, 0.2) is 12.2 Å². The van der Waals surface area contributed by atoms with E-state index >= 15 is 0 Å². The summed E-state index contributed by atoms with van der Waals surface area (Å²) in [7, 11) is -5.83. The van der Waals surface area contributed by atoms with Crippen LogP contribution >= 0.6 is 7.92 Å². The van der Waals surface area contributed by atoms with E-state index in [1.54, 1.807) is 0 Å². The van der Waals surface area contributed by atoms with Crippen molar-refractivity contribution in [2.75, 3.05) is 0 Å². The summed E-state index contributed by atoms with van der Waals surface area (Å²) in [6.07, 6.45) is 0. The fourth-order valence-electron chi connectivity index (χ4n) is 1.79. The molecule has 0 N–H and O–H groups in total. The van der Waals surface area contributed by atoms with Crippen molar-refractivity contribution >= 4 is 18.0 Å². The number of hydrogen-bond donors (Lipinski definition) is 0. The molecule has 0 aliphatic heterocycles. The Hall–Kier alpha value is 0.532. The van der Waals surface area contributed by atoms with Gasteiger partial charge in [-0.05, 0) is 17.0 Å². The first-order valence-corrected chi connectivity index (χ1v) is 11.0. The van der Waals surface area contributed by atoms with E-state index in [-0.39, 0.29) is 7.92 Å². The molecule has 23 heavy (non-hydrogen) atoms. The summed E-state index contributed by atoms with van der Waals surface area (Å²) in [5.41, 5.74) is -1.76. The van der Waals surface area contributed by atoms with Crippen LogP contribution in [0.5, 0.6) is 0 Å². The standard InChI is InChI=1S/C9H21P.C4H7.CHF3O3S.Pd/c1-7(2)10(8(3)4)9(5)6;1-4(2)3;2-1(3,4)8(5,6)7;/h7-9H,1-6H3;1-2H2,3H3;(H,5,6,7);/q;;;+1/p-1. The Kier molecular flexibility index (Phi) is 15.8. The monoisotopic (exact) mass is 470 g/mol. The first-order chi connectivity index (χ1) is 9.98. The molecule has 0 heterocycles. The molecule has 0 spiro atoms. The van der Waals surface area contributed by atoms with E-state index in [1.807, 2.05) is 6.92 Å². The molecule has 0 bridgehead atoms. The first kappa shape index (κ1) is 28.3. The summed E-state index contributed by atoms with van der Waals surface area (Å²) in [6.45, 7) is 19.7. The van der Waals surface area contributed by atoms with Gasteiger partial charge in [-0.3, -0.25) is 0 Å². The molecular weight excluding hydrogens is 443 g/mol. The Balaban J connectivity index is -0.000000276. The van der Waals surface area contributed by atoms with Gasteiger partial charge in [0, 0.05) is 0 Å². The Morgan fingerprint density at radius 2 is 1.26 bits per heavy atom. The SMILES string of the molecule is C=C(C)[CH2][Pd+].CC(C)P(C(C)C)C(C)C.O=S(=O)([O-])C(F)(F)F. The number of rotatable bonds is 4. The third kappa shape index (κ3) is 17.2. The molecule has 0 rings (SSSR count). The van der Waals surface area contributed by atoms with Crippen LogP contribution in [-0.4, -0.2) is 35.5 Å². The number of hydrogen-bond acceptors (Lipinski definition) is 3. The second kappa shape index (κ2) is 12.8. The minimum atomic E-state index is -6.09. The minimum absolute atomic E-state index is 0.262. The Morgan fingerprint density at radius 1 is 1.09 bits per heavy atom. The van der Waals surface area contributed by atoms with Crippen LogP contribution in [0.25, 0.3) is 0 Å². The van der Waals surface area contributed by atoms with Crippen LogP contribution in [0.3, 0.4) is 0 Å².